The molecule has 0 amide bonds. The van der Waals surface area contributed by atoms with Crippen LogP contribution in [0, 0.1) is 0 Å². The Hall–Kier alpha value is -0.860. The van der Waals surface area contributed by atoms with Gasteiger partial charge in [0.05, 0.1) is 5.75 Å². The Morgan fingerprint density at radius 1 is 1.26 bits per heavy atom. The molecule has 0 aromatic rings. The zero-order chi connectivity index (χ0) is 16.9. The normalized spacial score (nSPS) is 24.3. The lowest BCUT2D eigenvalue weighted by molar-refractivity contribution is 0.167. The molecule has 134 valence electrons. The highest BCUT2D eigenvalue weighted by atomic mass is 32.2. The summed E-state index contributed by atoms with van der Waals surface area (Å²) in [5.74, 6) is 1.05. The molecule has 2 N–H and O–H groups in total. The minimum Gasteiger partial charge on any atom is -0.355 e. The van der Waals surface area contributed by atoms with Crippen LogP contribution in [-0.2, 0) is 10.0 Å². The molecule has 2 heterocycles. The van der Waals surface area contributed by atoms with Crippen LogP contribution in [0.25, 0.3) is 0 Å². The molecule has 2 rings (SSSR count). The Kier molecular flexibility index (Phi) is 6.67. The maximum absolute atomic E-state index is 11.8. The van der Waals surface area contributed by atoms with Crippen LogP contribution in [0.2, 0.25) is 0 Å². The van der Waals surface area contributed by atoms with E-state index in [1.165, 1.54) is 0 Å². The first-order valence-electron chi connectivity index (χ1n) is 8.61. The molecular weight excluding hydrogens is 314 g/mol. The van der Waals surface area contributed by atoms with Crippen molar-refractivity contribution in [3.05, 3.63) is 0 Å². The molecule has 8 heteroatoms. The van der Waals surface area contributed by atoms with Crippen molar-refractivity contribution in [1.82, 2.24) is 19.8 Å². The molecule has 0 radical (unpaired) electrons. The third-order valence-electron chi connectivity index (χ3n) is 4.68. The molecule has 2 aliphatic heterocycles. The van der Waals surface area contributed by atoms with Crippen LogP contribution in [0.4, 0.5) is 0 Å². The van der Waals surface area contributed by atoms with Gasteiger partial charge >= 0.3 is 0 Å². The van der Waals surface area contributed by atoms with Gasteiger partial charge in [-0.2, -0.15) is 0 Å². The molecule has 0 aromatic heterocycles. The van der Waals surface area contributed by atoms with Crippen molar-refractivity contribution in [3.63, 3.8) is 0 Å². The van der Waals surface area contributed by atoms with Crippen LogP contribution in [0.15, 0.2) is 4.99 Å². The second-order valence-electron chi connectivity index (χ2n) is 6.62. The highest BCUT2D eigenvalue weighted by Crippen LogP contribution is 2.13. The van der Waals surface area contributed by atoms with Gasteiger partial charge in [-0.05, 0) is 33.1 Å². The Bertz CT molecular complexity index is 498. The lowest BCUT2D eigenvalue weighted by Crippen LogP contribution is -2.50. The average molecular weight is 346 g/mol. The van der Waals surface area contributed by atoms with Gasteiger partial charge in [0.25, 0.3) is 0 Å². The molecule has 0 spiro atoms. The van der Waals surface area contributed by atoms with Crippen LogP contribution in [0.1, 0.15) is 33.1 Å². The molecule has 0 atom stereocenters. The topological polar surface area (TPSA) is 77.0 Å². The Balaban J connectivity index is 1.70. The van der Waals surface area contributed by atoms with Crippen LogP contribution < -0.4 is 10.6 Å². The van der Waals surface area contributed by atoms with Crippen molar-refractivity contribution in [2.75, 3.05) is 45.5 Å². The van der Waals surface area contributed by atoms with Gasteiger partial charge in [0.2, 0.25) is 10.0 Å². The maximum Gasteiger partial charge on any atom is 0.214 e. The summed E-state index contributed by atoms with van der Waals surface area (Å²) >= 11 is 0. The number of nitrogens with one attached hydrogen (secondary N) is 2. The molecule has 23 heavy (non-hydrogen) atoms. The van der Waals surface area contributed by atoms with E-state index in [4.69, 9.17) is 0 Å². The van der Waals surface area contributed by atoms with E-state index in [-0.39, 0.29) is 5.75 Å². The first-order chi connectivity index (χ1) is 10.9. The van der Waals surface area contributed by atoms with Crippen molar-refractivity contribution >= 4 is 16.0 Å². The van der Waals surface area contributed by atoms with Gasteiger partial charge in [0.15, 0.2) is 5.96 Å². The van der Waals surface area contributed by atoms with Gasteiger partial charge in [-0.3, -0.25) is 4.99 Å². The number of likely N-dealkylation sites (tertiary alicyclic amines) is 1. The molecule has 0 bridgehead atoms. The van der Waals surface area contributed by atoms with E-state index in [2.05, 4.69) is 34.4 Å². The van der Waals surface area contributed by atoms with E-state index in [1.54, 1.807) is 11.4 Å². The standard InChI is InChI=1S/C15H31N5O2S/c1-13(2)19-9-5-14(6-10-19)18-15(16-3)17-7-11-20-8-4-12-23(20,21)22/h13-14H,4-12H2,1-3H3,(H2,16,17,18). The second kappa shape index (κ2) is 8.30. The molecule has 2 fully saturated rings. The third kappa shape index (κ3) is 5.32. The number of rotatable bonds is 5. The summed E-state index contributed by atoms with van der Waals surface area (Å²) in [5, 5.41) is 6.69. The highest BCUT2D eigenvalue weighted by Gasteiger charge is 2.27. The molecule has 0 unspecified atom stereocenters. The Labute approximate surface area is 140 Å². The number of aliphatic imine (C=N–C) groups is 1. The lowest BCUT2D eigenvalue weighted by atomic mass is 10.0. The fraction of sp³-hybridized carbons (Fsp3) is 0.933. The Morgan fingerprint density at radius 3 is 2.48 bits per heavy atom. The number of nitrogens with zero attached hydrogens (tertiary/aromatic N) is 3. The van der Waals surface area contributed by atoms with Crippen LogP contribution in [0.5, 0.6) is 0 Å². The summed E-state index contributed by atoms with van der Waals surface area (Å²) in [5.41, 5.74) is 0. The van der Waals surface area contributed by atoms with Gasteiger partial charge in [-0.1, -0.05) is 0 Å². The largest absolute Gasteiger partial charge is 0.355 e. The van der Waals surface area contributed by atoms with E-state index in [9.17, 15) is 8.42 Å². The van der Waals surface area contributed by atoms with Gasteiger partial charge in [-0.15, -0.1) is 0 Å². The van der Waals surface area contributed by atoms with Crippen LogP contribution in [0.3, 0.4) is 0 Å². The van der Waals surface area contributed by atoms with Crippen molar-refractivity contribution in [1.29, 1.82) is 0 Å². The Morgan fingerprint density at radius 2 is 1.96 bits per heavy atom. The van der Waals surface area contributed by atoms with Gasteiger partial charge in [0.1, 0.15) is 0 Å². The van der Waals surface area contributed by atoms with E-state index in [0.717, 1.165) is 38.3 Å². The van der Waals surface area contributed by atoms with Gasteiger partial charge in [0, 0.05) is 51.9 Å². The fourth-order valence-electron chi connectivity index (χ4n) is 3.19. The van der Waals surface area contributed by atoms with E-state index in [0.29, 0.717) is 31.7 Å². The van der Waals surface area contributed by atoms with E-state index in [1.807, 2.05) is 0 Å². The average Bonchev–Trinajstić information content (AvgIpc) is 2.85. The smallest absolute Gasteiger partial charge is 0.214 e. The number of sulfonamides is 1. The fourth-order valence-corrected chi connectivity index (χ4v) is 4.72. The molecule has 0 saturated carbocycles. The molecule has 2 saturated heterocycles. The summed E-state index contributed by atoms with van der Waals surface area (Å²) in [4.78, 5) is 6.74. The van der Waals surface area contributed by atoms with Gasteiger partial charge in [-0.25, -0.2) is 12.7 Å². The van der Waals surface area contributed by atoms with Crippen molar-refractivity contribution < 1.29 is 8.42 Å². The molecule has 0 aliphatic carbocycles. The van der Waals surface area contributed by atoms with Gasteiger partial charge < -0.3 is 15.5 Å². The summed E-state index contributed by atoms with van der Waals surface area (Å²) in [7, 11) is -1.25. The zero-order valence-electron chi connectivity index (χ0n) is 14.6. The highest BCUT2D eigenvalue weighted by molar-refractivity contribution is 7.89. The van der Waals surface area contributed by atoms with Crippen molar-refractivity contribution in [3.8, 4) is 0 Å². The number of hydrogen-bond acceptors (Lipinski definition) is 4. The minimum atomic E-state index is -3.01. The first-order valence-corrected chi connectivity index (χ1v) is 10.2. The molecular formula is C15H31N5O2S. The summed E-state index contributed by atoms with van der Waals surface area (Å²) in [6, 6.07) is 1.04. The lowest BCUT2D eigenvalue weighted by Gasteiger charge is -2.35. The minimum absolute atomic E-state index is 0.286. The van der Waals surface area contributed by atoms with Crippen LogP contribution in [-0.4, -0.2) is 81.2 Å². The van der Waals surface area contributed by atoms with E-state index >= 15 is 0 Å². The molecule has 0 aromatic carbocycles. The monoisotopic (exact) mass is 345 g/mol. The molecule has 2 aliphatic rings. The quantitative estimate of drug-likeness (QED) is 0.544. The number of hydrogen-bond donors (Lipinski definition) is 2. The predicted octanol–water partition coefficient (Wildman–Crippen LogP) is 0.0597. The van der Waals surface area contributed by atoms with Crippen molar-refractivity contribution in [2.24, 2.45) is 4.99 Å². The summed E-state index contributed by atoms with van der Waals surface area (Å²) < 4.78 is 25.1. The number of piperidine rings is 1. The van der Waals surface area contributed by atoms with Crippen molar-refractivity contribution in [2.45, 2.75) is 45.2 Å². The molecule has 7 nitrogen and oxygen atoms in total. The second-order valence-corrected chi connectivity index (χ2v) is 8.70. The third-order valence-corrected chi connectivity index (χ3v) is 6.64. The maximum atomic E-state index is 11.8. The SMILES string of the molecule is CN=C(NCCN1CCCS1(=O)=O)NC1CCN(C(C)C)CC1. The van der Waals surface area contributed by atoms with E-state index < -0.39 is 10.0 Å². The van der Waals surface area contributed by atoms with Crippen LogP contribution >= 0.6 is 0 Å². The summed E-state index contributed by atoms with van der Waals surface area (Å²) in [6.45, 7) is 8.43. The summed E-state index contributed by atoms with van der Waals surface area (Å²) in [6.07, 6.45) is 2.96. The number of guanidine groups is 1. The first kappa shape index (κ1) is 18.5. The predicted molar refractivity (Wildman–Crippen MR) is 94.2 cm³/mol. The zero-order valence-corrected chi connectivity index (χ0v) is 15.4.